The van der Waals surface area contributed by atoms with Gasteiger partial charge >= 0.3 is 0 Å². The third kappa shape index (κ3) is 2.56. The summed E-state index contributed by atoms with van der Waals surface area (Å²) in [6, 6.07) is 7.92. The summed E-state index contributed by atoms with van der Waals surface area (Å²) in [6.07, 6.45) is 2.43. The third-order valence-electron chi connectivity index (χ3n) is 3.02. The van der Waals surface area contributed by atoms with Crippen LogP contribution in [0.25, 0.3) is 0 Å². The number of rotatable bonds is 4. The number of carbonyl (C=O) groups is 1. The van der Waals surface area contributed by atoms with E-state index in [1.54, 1.807) is 7.11 Å². The fourth-order valence-electron chi connectivity index (χ4n) is 2.12. The highest BCUT2D eigenvalue weighted by Crippen LogP contribution is 2.26. The van der Waals surface area contributed by atoms with E-state index in [9.17, 15) is 4.79 Å². The van der Waals surface area contributed by atoms with E-state index in [0.717, 1.165) is 17.8 Å². The second-order valence-electron chi connectivity index (χ2n) is 4.31. The minimum absolute atomic E-state index is 0.171. The molecule has 0 N–H and O–H groups in total. The molecule has 0 spiro atoms. The molecule has 1 aromatic rings. The van der Waals surface area contributed by atoms with Gasteiger partial charge in [0, 0.05) is 31.7 Å². The zero-order valence-corrected chi connectivity index (χ0v) is 10.1. The molecular weight excluding hydrogens is 214 g/mol. The highest BCUT2D eigenvalue weighted by molar-refractivity contribution is 5.96. The third-order valence-corrected chi connectivity index (χ3v) is 3.02. The van der Waals surface area contributed by atoms with Gasteiger partial charge in [-0.1, -0.05) is 18.2 Å². The zero-order chi connectivity index (χ0) is 12.3. The minimum atomic E-state index is 0.171. The van der Waals surface area contributed by atoms with Crippen molar-refractivity contribution in [1.82, 2.24) is 0 Å². The monoisotopic (exact) mass is 231 g/mol. The Kier molecular flexibility index (Phi) is 3.59. The van der Waals surface area contributed by atoms with Crippen LogP contribution in [-0.2, 0) is 16.1 Å². The summed E-state index contributed by atoms with van der Waals surface area (Å²) < 4.78 is 5.10. The lowest BCUT2D eigenvalue weighted by atomic mass is 10.1. The summed E-state index contributed by atoms with van der Waals surface area (Å²) in [7, 11) is 1.67. The van der Waals surface area contributed by atoms with Gasteiger partial charge in [-0.15, -0.1) is 6.58 Å². The number of hydrogen-bond acceptors (Lipinski definition) is 2. The van der Waals surface area contributed by atoms with Crippen molar-refractivity contribution in [2.24, 2.45) is 5.92 Å². The van der Waals surface area contributed by atoms with Crippen molar-refractivity contribution in [3.63, 3.8) is 0 Å². The van der Waals surface area contributed by atoms with Gasteiger partial charge in [0.1, 0.15) is 0 Å². The lowest BCUT2D eigenvalue weighted by Gasteiger charge is -2.17. The van der Waals surface area contributed by atoms with Crippen molar-refractivity contribution < 1.29 is 9.53 Å². The second-order valence-corrected chi connectivity index (χ2v) is 4.31. The Balaban J connectivity index is 2.19. The summed E-state index contributed by atoms with van der Waals surface area (Å²) in [5.41, 5.74) is 2.04. The summed E-state index contributed by atoms with van der Waals surface area (Å²) in [5, 5.41) is 0. The van der Waals surface area contributed by atoms with Crippen LogP contribution in [0.15, 0.2) is 36.9 Å². The molecule has 1 amide bonds. The van der Waals surface area contributed by atoms with Gasteiger partial charge in [0.15, 0.2) is 0 Å². The van der Waals surface area contributed by atoms with Crippen molar-refractivity contribution >= 4 is 11.6 Å². The molecule has 3 heteroatoms. The van der Waals surface area contributed by atoms with E-state index in [-0.39, 0.29) is 11.8 Å². The highest BCUT2D eigenvalue weighted by Gasteiger charge is 2.28. The maximum atomic E-state index is 11.9. The zero-order valence-electron chi connectivity index (χ0n) is 10.1. The molecule has 1 unspecified atom stereocenters. The largest absolute Gasteiger partial charge is 0.380 e. The van der Waals surface area contributed by atoms with Crippen LogP contribution in [0.1, 0.15) is 12.0 Å². The molecule has 17 heavy (non-hydrogen) atoms. The van der Waals surface area contributed by atoms with Crippen LogP contribution in [0.4, 0.5) is 5.69 Å². The Morgan fingerprint density at radius 2 is 2.41 bits per heavy atom. The first-order chi connectivity index (χ1) is 8.24. The van der Waals surface area contributed by atoms with E-state index in [1.165, 1.54) is 0 Å². The average Bonchev–Trinajstić information content (AvgIpc) is 2.71. The van der Waals surface area contributed by atoms with E-state index in [1.807, 2.05) is 35.2 Å². The number of amides is 1. The van der Waals surface area contributed by atoms with Gasteiger partial charge in [0.05, 0.1) is 6.61 Å². The maximum Gasteiger partial charge on any atom is 0.227 e. The van der Waals surface area contributed by atoms with Crippen LogP contribution >= 0.6 is 0 Å². The first-order valence-electron chi connectivity index (χ1n) is 5.75. The topological polar surface area (TPSA) is 29.5 Å². The Labute approximate surface area is 102 Å². The predicted octanol–water partition coefficient (Wildman–Crippen LogP) is 2.37. The summed E-state index contributed by atoms with van der Waals surface area (Å²) >= 11 is 0. The number of benzene rings is 1. The molecule has 90 valence electrons. The molecule has 1 fully saturated rings. The Morgan fingerprint density at radius 1 is 1.59 bits per heavy atom. The fourth-order valence-corrected chi connectivity index (χ4v) is 2.12. The molecule has 1 aliphatic rings. The van der Waals surface area contributed by atoms with Gasteiger partial charge in [0.2, 0.25) is 5.91 Å². The molecule has 3 nitrogen and oxygen atoms in total. The van der Waals surface area contributed by atoms with Gasteiger partial charge in [-0.2, -0.15) is 0 Å². The molecule has 1 saturated heterocycles. The van der Waals surface area contributed by atoms with Crippen LogP contribution in [0.2, 0.25) is 0 Å². The van der Waals surface area contributed by atoms with Crippen molar-refractivity contribution in [1.29, 1.82) is 0 Å². The fraction of sp³-hybridized carbons (Fsp3) is 0.357. The molecule has 0 bridgehead atoms. The molecule has 2 rings (SSSR count). The molecule has 0 aliphatic carbocycles. The standard InChI is InChI=1S/C14H17NO2/c1-3-11-8-14(16)15(9-11)13-6-4-5-12(7-13)10-17-2/h3-7,11H,1,8-10H2,2H3. The Bertz CT molecular complexity index is 428. The number of anilines is 1. The molecule has 1 heterocycles. The van der Waals surface area contributed by atoms with Crippen LogP contribution in [0.3, 0.4) is 0 Å². The number of methoxy groups -OCH3 is 1. The van der Waals surface area contributed by atoms with Crippen molar-refractivity contribution in [3.8, 4) is 0 Å². The lowest BCUT2D eigenvalue weighted by molar-refractivity contribution is -0.117. The first kappa shape index (κ1) is 11.9. The number of hydrogen-bond donors (Lipinski definition) is 0. The molecular formula is C14H17NO2. The van der Waals surface area contributed by atoms with E-state index >= 15 is 0 Å². The Hall–Kier alpha value is -1.61. The van der Waals surface area contributed by atoms with E-state index in [4.69, 9.17) is 4.74 Å². The van der Waals surface area contributed by atoms with Crippen LogP contribution in [0, 0.1) is 5.92 Å². The minimum Gasteiger partial charge on any atom is -0.380 e. The van der Waals surface area contributed by atoms with E-state index in [0.29, 0.717) is 13.0 Å². The van der Waals surface area contributed by atoms with Gasteiger partial charge < -0.3 is 9.64 Å². The Morgan fingerprint density at radius 3 is 3.06 bits per heavy atom. The predicted molar refractivity (Wildman–Crippen MR) is 67.8 cm³/mol. The highest BCUT2D eigenvalue weighted by atomic mass is 16.5. The molecule has 0 aromatic heterocycles. The lowest BCUT2D eigenvalue weighted by Crippen LogP contribution is -2.24. The molecule has 0 radical (unpaired) electrons. The average molecular weight is 231 g/mol. The molecule has 1 aliphatic heterocycles. The quantitative estimate of drug-likeness (QED) is 0.744. The van der Waals surface area contributed by atoms with Crippen molar-refractivity contribution in [3.05, 3.63) is 42.5 Å². The van der Waals surface area contributed by atoms with Gasteiger partial charge in [0.25, 0.3) is 0 Å². The van der Waals surface area contributed by atoms with Crippen LogP contribution < -0.4 is 4.90 Å². The summed E-state index contributed by atoms with van der Waals surface area (Å²) in [6.45, 7) is 5.06. The first-order valence-corrected chi connectivity index (χ1v) is 5.75. The molecule has 1 atom stereocenters. The molecule has 0 saturated carbocycles. The van der Waals surface area contributed by atoms with E-state index in [2.05, 4.69) is 6.58 Å². The summed E-state index contributed by atoms with van der Waals surface area (Å²) in [4.78, 5) is 13.7. The number of carbonyl (C=O) groups excluding carboxylic acids is 1. The normalized spacial score (nSPS) is 19.7. The van der Waals surface area contributed by atoms with Crippen molar-refractivity contribution in [2.75, 3.05) is 18.6 Å². The van der Waals surface area contributed by atoms with Crippen LogP contribution in [-0.4, -0.2) is 19.6 Å². The van der Waals surface area contributed by atoms with Gasteiger partial charge in [-0.25, -0.2) is 0 Å². The van der Waals surface area contributed by atoms with Crippen LogP contribution in [0.5, 0.6) is 0 Å². The maximum absolute atomic E-state index is 11.9. The molecule has 1 aromatic carbocycles. The van der Waals surface area contributed by atoms with E-state index < -0.39 is 0 Å². The number of ether oxygens (including phenoxy) is 1. The summed E-state index contributed by atoms with van der Waals surface area (Å²) in [5.74, 6) is 0.443. The van der Waals surface area contributed by atoms with Gasteiger partial charge in [-0.3, -0.25) is 4.79 Å². The van der Waals surface area contributed by atoms with Gasteiger partial charge in [-0.05, 0) is 17.7 Å². The van der Waals surface area contributed by atoms with Crippen molar-refractivity contribution in [2.45, 2.75) is 13.0 Å². The number of nitrogens with zero attached hydrogens (tertiary/aromatic N) is 1. The second kappa shape index (κ2) is 5.15. The smallest absolute Gasteiger partial charge is 0.227 e. The SMILES string of the molecule is C=CC1CC(=O)N(c2cccc(COC)c2)C1.